The number of nitrogens with one attached hydrogen (secondary N) is 1. The predicted octanol–water partition coefficient (Wildman–Crippen LogP) is 3.96. The zero-order valence-electron chi connectivity index (χ0n) is 14.6. The summed E-state index contributed by atoms with van der Waals surface area (Å²) in [6, 6.07) is 9.15. The van der Waals surface area contributed by atoms with Crippen molar-refractivity contribution in [2.75, 3.05) is 6.61 Å². The second-order valence-electron chi connectivity index (χ2n) is 6.04. The van der Waals surface area contributed by atoms with Crippen molar-refractivity contribution in [1.82, 2.24) is 5.32 Å². The number of rotatable bonds is 10. The molecular weight excluding hydrogens is 302 g/mol. The highest BCUT2D eigenvalue weighted by atomic mass is 16.5. The first kappa shape index (κ1) is 19.7. The molecule has 0 aromatic heterocycles. The number of benzene rings is 1. The molecule has 0 heterocycles. The highest BCUT2D eigenvalue weighted by molar-refractivity contribution is 5.77. The van der Waals surface area contributed by atoms with Crippen LogP contribution in [0.3, 0.4) is 0 Å². The van der Waals surface area contributed by atoms with Crippen LogP contribution in [0.4, 0.5) is 0 Å². The molecule has 0 unspecified atom stereocenters. The van der Waals surface area contributed by atoms with E-state index in [2.05, 4.69) is 18.5 Å². The first-order valence-corrected chi connectivity index (χ1v) is 8.20. The van der Waals surface area contributed by atoms with Gasteiger partial charge >= 0.3 is 5.97 Å². The number of carbonyl (C=O) groups is 2. The molecule has 0 aliphatic carbocycles. The van der Waals surface area contributed by atoms with Crippen molar-refractivity contribution in [2.45, 2.75) is 39.2 Å². The number of amides is 1. The van der Waals surface area contributed by atoms with Gasteiger partial charge in [-0.1, -0.05) is 48.9 Å². The molecule has 1 aromatic carbocycles. The summed E-state index contributed by atoms with van der Waals surface area (Å²) < 4.78 is 5.38. The van der Waals surface area contributed by atoms with Gasteiger partial charge in [-0.3, -0.25) is 9.59 Å². The van der Waals surface area contributed by atoms with Gasteiger partial charge in [0.15, 0.2) is 0 Å². The molecule has 1 aromatic rings. The molecular formula is C20H27NO3. The first-order chi connectivity index (χ1) is 11.4. The number of allylic oxidation sites excluding steroid dienone is 2. The smallest absolute Gasteiger partial charge is 0.309 e. The maximum absolute atomic E-state index is 12.1. The van der Waals surface area contributed by atoms with E-state index in [1.54, 1.807) is 13.0 Å². The second kappa shape index (κ2) is 10.4. The monoisotopic (exact) mass is 329 g/mol. The van der Waals surface area contributed by atoms with E-state index in [9.17, 15) is 9.59 Å². The molecule has 1 amide bonds. The van der Waals surface area contributed by atoms with Crippen LogP contribution in [0.2, 0.25) is 0 Å². The van der Waals surface area contributed by atoms with Gasteiger partial charge in [-0.05, 0) is 25.3 Å². The Kier molecular flexibility index (Phi) is 8.55. The SMILES string of the molecule is C=CC[C@@H](C)C(=O)OC[C@H](NC(=O)CCC(=C)C)c1ccccc1. The topological polar surface area (TPSA) is 55.4 Å². The molecule has 1 N–H and O–H groups in total. The lowest BCUT2D eigenvalue weighted by Crippen LogP contribution is -2.32. The zero-order valence-corrected chi connectivity index (χ0v) is 14.6. The van der Waals surface area contributed by atoms with Gasteiger partial charge in [-0.2, -0.15) is 0 Å². The molecule has 0 bridgehead atoms. The molecule has 0 fully saturated rings. The van der Waals surface area contributed by atoms with Crippen LogP contribution in [-0.2, 0) is 14.3 Å². The van der Waals surface area contributed by atoms with Crippen LogP contribution in [0.5, 0.6) is 0 Å². The molecule has 130 valence electrons. The zero-order chi connectivity index (χ0) is 17.9. The Morgan fingerprint density at radius 2 is 1.92 bits per heavy atom. The molecule has 0 saturated carbocycles. The third-order valence-corrected chi connectivity index (χ3v) is 3.63. The van der Waals surface area contributed by atoms with Crippen LogP contribution >= 0.6 is 0 Å². The maximum Gasteiger partial charge on any atom is 0.309 e. The van der Waals surface area contributed by atoms with Crippen LogP contribution in [0.1, 0.15) is 44.7 Å². The van der Waals surface area contributed by atoms with Crippen LogP contribution in [-0.4, -0.2) is 18.5 Å². The van der Waals surface area contributed by atoms with Gasteiger partial charge in [0.2, 0.25) is 5.91 Å². The lowest BCUT2D eigenvalue weighted by atomic mass is 10.1. The third-order valence-electron chi connectivity index (χ3n) is 3.63. The van der Waals surface area contributed by atoms with Gasteiger partial charge in [0.25, 0.3) is 0 Å². The molecule has 4 heteroatoms. The lowest BCUT2D eigenvalue weighted by Gasteiger charge is -2.20. The Labute approximate surface area is 144 Å². The lowest BCUT2D eigenvalue weighted by molar-refractivity contribution is -0.149. The van der Waals surface area contributed by atoms with Crippen molar-refractivity contribution in [3.63, 3.8) is 0 Å². The number of esters is 1. The van der Waals surface area contributed by atoms with E-state index in [4.69, 9.17) is 4.74 Å². The summed E-state index contributed by atoms with van der Waals surface area (Å²) in [4.78, 5) is 24.1. The Hall–Kier alpha value is -2.36. The van der Waals surface area contributed by atoms with E-state index in [-0.39, 0.29) is 30.4 Å². The fraction of sp³-hybridized carbons (Fsp3) is 0.400. The van der Waals surface area contributed by atoms with Gasteiger partial charge in [0, 0.05) is 6.42 Å². The molecule has 4 nitrogen and oxygen atoms in total. The molecule has 0 saturated heterocycles. The number of carbonyl (C=O) groups excluding carboxylic acids is 2. The maximum atomic E-state index is 12.1. The van der Waals surface area contributed by atoms with Gasteiger partial charge in [-0.25, -0.2) is 0 Å². The molecule has 24 heavy (non-hydrogen) atoms. The molecule has 0 aliphatic heterocycles. The highest BCUT2D eigenvalue weighted by Gasteiger charge is 2.19. The minimum atomic E-state index is -0.358. The van der Waals surface area contributed by atoms with Crippen molar-refractivity contribution < 1.29 is 14.3 Å². The Morgan fingerprint density at radius 1 is 1.25 bits per heavy atom. The van der Waals surface area contributed by atoms with Crippen LogP contribution in [0, 0.1) is 5.92 Å². The molecule has 0 radical (unpaired) electrons. The Balaban J connectivity index is 2.69. The largest absolute Gasteiger partial charge is 0.463 e. The van der Waals surface area contributed by atoms with E-state index < -0.39 is 0 Å². The summed E-state index contributed by atoms with van der Waals surface area (Å²) in [5.41, 5.74) is 1.87. The van der Waals surface area contributed by atoms with Crippen molar-refractivity contribution in [3.05, 3.63) is 60.7 Å². The summed E-state index contributed by atoms with van der Waals surface area (Å²) in [6.45, 7) is 11.2. The summed E-state index contributed by atoms with van der Waals surface area (Å²) in [7, 11) is 0. The summed E-state index contributed by atoms with van der Waals surface area (Å²) >= 11 is 0. The molecule has 1 rings (SSSR count). The van der Waals surface area contributed by atoms with E-state index in [0.717, 1.165) is 11.1 Å². The summed E-state index contributed by atoms with van der Waals surface area (Å²) in [5, 5.41) is 2.94. The minimum Gasteiger partial charge on any atom is -0.463 e. The molecule has 0 spiro atoms. The van der Waals surface area contributed by atoms with Crippen LogP contribution in [0.25, 0.3) is 0 Å². The van der Waals surface area contributed by atoms with Crippen LogP contribution < -0.4 is 5.32 Å². The van der Waals surface area contributed by atoms with Crippen molar-refractivity contribution in [2.24, 2.45) is 5.92 Å². The number of hydrogen-bond acceptors (Lipinski definition) is 3. The summed E-state index contributed by atoms with van der Waals surface area (Å²) in [6.07, 6.45) is 3.28. The average Bonchev–Trinajstić information content (AvgIpc) is 2.57. The van der Waals surface area contributed by atoms with E-state index >= 15 is 0 Å². The van der Waals surface area contributed by atoms with Gasteiger partial charge in [0.1, 0.15) is 6.61 Å². The fourth-order valence-electron chi connectivity index (χ4n) is 2.15. The van der Waals surface area contributed by atoms with Crippen molar-refractivity contribution >= 4 is 11.9 Å². The number of hydrogen-bond donors (Lipinski definition) is 1. The first-order valence-electron chi connectivity index (χ1n) is 8.20. The predicted molar refractivity (Wildman–Crippen MR) is 96.3 cm³/mol. The molecule has 2 atom stereocenters. The van der Waals surface area contributed by atoms with E-state index in [1.807, 2.05) is 37.3 Å². The average molecular weight is 329 g/mol. The normalized spacial score (nSPS) is 12.8. The molecule has 0 aliphatic rings. The Bertz CT molecular complexity index is 566. The number of ether oxygens (including phenoxy) is 1. The van der Waals surface area contributed by atoms with E-state index in [0.29, 0.717) is 19.3 Å². The van der Waals surface area contributed by atoms with E-state index in [1.165, 1.54) is 0 Å². The summed E-state index contributed by atoms with van der Waals surface area (Å²) in [5.74, 6) is -0.605. The van der Waals surface area contributed by atoms with Crippen molar-refractivity contribution in [1.29, 1.82) is 0 Å². The van der Waals surface area contributed by atoms with Gasteiger partial charge in [0.05, 0.1) is 12.0 Å². The Morgan fingerprint density at radius 3 is 2.50 bits per heavy atom. The van der Waals surface area contributed by atoms with Crippen LogP contribution in [0.15, 0.2) is 55.1 Å². The second-order valence-corrected chi connectivity index (χ2v) is 6.04. The van der Waals surface area contributed by atoms with Gasteiger partial charge < -0.3 is 10.1 Å². The quantitative estimate of drug-likeness (QED) is 0.522. The fourth-order valence-corrected chi connectivity index (χ4v) is 2.15. The third kappa shape index (κ3) is 7.27. The standard InChI is InChI=1S/C20H27NO3/c1-5-9-16(4)20(23)24-14-18(17-10-7-6-8-11-17)21-19(22)13-12-15(2)3/h5-8,10-11,16,18H,1-2,9,12-14H2,3-4H3,(H,21,22)/t16-,18+/m1/s1. The van der Waals surface area contributed by atoms with Gasteiger partial charge in [-0.15, -0.1) is 13.2 Å². The highest BCUT2D eigenvalue weighted by Crippen LogP contribution is 2.15. The minimum absolute atomic E-state index is 0.0814. The van der Waals surface area contributed by atoms with Crippen molar-refractivity contribution in [3.8, 4) is 0 Å².